The molecule has 1 fully saturated rings. The van der Waals surface area contributed by atoms with Crippen molar-refractivity contribution in [1.82, 2.24) is 0 Å². The maximum atomic E-state index is 5.45. The molecule has 1 aromatic carbocycles. The third-order valence-electron chi connectivity index (χ3n) is 2.64. The van der Waals surface area contributed by atoms with Gasteiger partial charge in [0.25, 0.3) is 0 Å². The molecule has 0 nitrogen and oxygen atoms in total. The first-order valence-electron chi connectivity index (χ1n) is 5.17. The summed E-state index contributed by atoms with van der Waals surface area (Å²) < 4.78 is 1.03. The lowest BCUT2D eigenvalue weighted by molar-refractivity contribution is 0.892. The molecule has 1 aromatic rings. The van der Waals surface area contributed by atoms with Gasteiger partial charge in [-0.25, -0.2) is 0 Å². The molecule has 0 bridgehead atoms. The van der Waals surface area contributed by atoms with Crippen molar-refractivity contribution in [1.29, 1.82) is 0 Å². The van der Waals surface area contributed by atoms with Crippen LogP contribution >= 0.6 is 39.9 Å². The highest BCUT2D eigenvalue weighted by atomic mass is 79.9. The molecule has 0 heterocycles. The van der Waals surface area contributed by atoms with Gasteiger partial charge < -0.3 is 0 Å². The highest BCUT2D eigenvalue weighted by Crippen LogP contribution is 2.36. The third-order valence-corrected chi connectivity index (χ3v) is 5.93. The Hall–Kier alpha value is 0.140. The first-order valence-corrected chi connectivity index (χ1v) is 7.38. The second kappa shape index (κ2) is 5.46. The fourth-order valence-electron chi connectivity index (χ4n) is 1.79. The van der Waals surface area contributed by atoms with Gasteiger partial charge in [0, 0.05) is 10.1 Å². The molecule has 0 amide bonds. The highest BCUT2D eigenvalue weighted by Gasteiger charge is 2.26. The number of benzene rings is 1. The van der Waals surface area contributed by atoms with Crippen LogP contribution in [0.15, 0.2) is 30.3 Å². The monoisotopic (exact) mass is 300 g/mol. The summed E-state index contributed by atoms with van der Waals surface area (Å²) in [6.45, 7) is 0. The van der Waals surface area contributed by atoms with Crippen molar-refractivity contribution in [2.45, 2.75) is 29.3 Å². The Morgan fingerprint density at radius 1 is 1.27 bits per heavy atom. The zero-order valence-corrected chi connectivity index (χ0v) is 11.6. The molecule has 0 radical (unpaired) electrons. The van der Waals surface area contributed by atoms with E-state index in [2.05, 4.69) is 28.1 Å². The van der Waals surface area contributed by atoms with Gasteiger partial charge >= 0.3 is 0 Å². The molecule has 1 aliphatic rings. The van der Waals surface area contributed by atoms with E-state index in [0.29, 0.717) is 10.1 Å². The quantitative estimate of drug-likeness (QED) is 0.586. The van der Waals surface area contributed by atoms with Crippen molar-refractivity contribution in [2.24, 2.45) is 0 Å². The van der Waals surface area contributed by atoms with Gasteiger partial charge in [0.1, 0.15) is 0 Å². The molecule has 3 heteroatoms. The molecule has 0 N–H and O–H groups in total. The SMILES string of the molecule is S=C(SC1CCCC1Br)c1ccccc1. The fraction of sp³-hybridized carbons (Fsp3) is 0.417. The van der Waals surface area contributed by atoms with Crippen LogP contribution in [0.3, 0.4) is 0 Å². The standard InChI is InChI=1S/C12H13BrS2/c13-10-7-4-8-11(10)15-12(14)9-5-2-1-3-6-9/h1-3,5-6,10-11H,4,7-8H2. The zero-order chi connectivity index (χ0) is 10.7. The summed E-state index contributed by atoms with van der Waals surface area (Å²) in [6, 6.07) is 10.3. The summed E-state index contributed by atoms with van der Waals surface area (Å²) in [5, 5.41) is 0.665. The van der Waals surface area contributed by atoms with E-state index in [4.69, 9.17) is 12.2 Å². The van der Waals surface area contributed by atoms with Gasteiger partial charge in [-0.1, -0.05) is 64.9 Å². The molecule has 0 saturated heterocycles. The third kappa shape index (κ3) is 3.05. The normalized spacial score (nSPS) is 25.4. The van der Waals surface area contributed by atoms with Crippen LogP contribution in [-0.4, -0.2) is 14.3 Å². The van der Waals surface area contributed by atoms with Gasteiger partial charge in [-0.3, -0.25) is 0 Å². The van der Waals surface area contributed by atoms with Crippen LogP contribution in [0, 0.1) is 0 Å². The molecule has 2 atom stereocenters. The van der Waals surface area contributed by atoms with Crippen LogP contribution in [-0.2, 0) is 0 Å². The average molecular weight is 301 g/mol. The van der Waals surface area contributed by atoms with Crippen LogP contribution in [0.25, 0.3) is 0 Å². The summed E-state index contributed by atoms with van der Waals surface area (Å²) >= 11 is 11.0. The van der Waals surface area contributed by atoms with Crippen LogP contribution < -0.4 is 0 Å². The molecule has 2 unspecified atom stereocenters. The summed E-state index contributed by atoms with van der Waals surface area (Å²) in [6.07, 6.45) is 3.90. The zero-order valence-electron chi connectivity index (χ0n) is 8.36. The molecule has 0 aliphatic heterocycles. The highest BCUT2D eigenvalue weighted by molar-refractivity contribution is 9.09. The first kappa shape index (κ1) is 11.6. The Balaban J connectivity index is 1.98. The minimum atomic E-state index is 0.643. The maximum absolute atomic E-state index is 5.45. The lowest BCUT2D eigenvalue weighted by Gasteiger charge is -2.13. The van der Waals surface area contributed by atoms with E-state index < -0.39 is 0 Å². The number of rotatable bonds is 2. The molecule has 2 rings (SSSR count). The van der Waals surface area contributed by atoms with E-state index in [-0.39, 0.29) is 0 Å². The van der Waals surface area contributed by atoms with Crippen LogP contribution in [0.2, 0.25) is 0 Å². The van der Waals surface area contributed by atoms with Crippen molar-refractivity contribution in [3.63, 3.8) is 0 Å². The number of thioether (sulfide) groups is 1. The minimum Gasteiger partial charge on any atom is -0.109 e. The largest absolute Gasteiger partial charge is 0.109 e. The molecule has 1 saturated carbocycles. The van der Waals surface area contributed by atoms with E-state index in [0.717, 1.165) is 4.20 Å². The Bertz CT molecular complexity index is 337. The Labute approximate surface area is 109 Å². The minimum absolute atomic E-state index is 0.643. The van der Waals surface area contributed by atoms with E-state index in [1.807, 2.05) is 30.0 Å². The first-order chi connectivity index (χ1) is 7.27. The lowest BCUT2D eigenvalue weighted by atomic mass is 10.2. The van der Waals surface area contributed by atoms with Crippen LogP contribution in [0.4, 0.5) is 0 Å². The molecular formula is C12H13BrS2. The summed E-state index contributed by atoms with van der Waals surface area (Å²) in [5.74, 6) is 0. The number of hydrogen-bond acceptors (Lipinski definition) is 2. The summed E-state index contributed by atoms with van der Waals surface area (Å²) in [5.41, 5.74) is 1.18. The Kier molecular flexibility index (Phi) is 4.23. The number of thiocarbonyl (C=S) groups is 1. The van der Waals surface area contributed by atoms with Gasteiger partial charge in [-0.05, 0) is 18.4 Å². The van der Waals surface area contributed by atoms with Crippen molar-refractivity contribution >= 4 is 44.1 Å². The molecular weight excluding hydrogens is 288 g/mol. The van der Waals surface area contributed by atoms with Crippen molar-refractivity contribution < 1.29 is 0 Å². The predicted octanol–water partition coefficient (Wildman–Crippen LogP) is 4.41. The maximum Gasteiger partial charge on any atom is 0.0781 e. The summed E-state index contributed by atoms with van der Waals surface area (Å²) in [7, 11) is 0. The Morgan fingerprint density at radius 3 is 2.60 bits per heavy atom. The van der Waals surface area contributed by atoms with Gasteiger partial charge in [-0.15, -0.1) is 11.8 Å². The van der Waals surface area contributed by atoms with Crippen molar-refractivity contribution in [2.75, 3.05) is 0 Å². The molecule has 15 heavy (non-hydrogen) atoms. The molecule has 1 aliphatic carbocycles. The summed E-state index contributed by atoms with van der Waals surface area (Å²) in [4.78, 5) is 0.643. The average Bonchev–Trinajstić information content (AvgIpc) is 2.66. The topological polar surface area (TPSA) is 0 Å². The fourth-order valence-corrected chi connectivity index (χ4v) is 4.33. The number of alkyl halides is 1. The van der Waals surface area contributed by atoms with Crippen LogP contribution in [0.5, 0.6) is 0 Å². The second-order valence-electron chi connectivity index (χ2n) is 3.76. The van der Waals surface area contributed by atoms with Gasteiger partial charge in [0.05, 0.1) is 4.20 Å². The number of halogens is 1. The molecule has 0 spiro atoms. The second-order valence-corrected chi connectivity index (χ2v) is 6.85. The Morgan fingerprint density at radius 2 is 2.00 bits per heavy atom. The predicted molar refractivity (Wildman–Crippen MR) is 76.1 cm³/mol. The van der Waals surface area contributed by atoms with E-state index in [1.165, 1.54) is 24.8 Å². The van der Waals surface area contributed by atoms with Crippen molar-refractivity contribution in [3.8, 4) is 0 Å². The van der Waals surface area contributed by atoms with E-state index in [9.17, 15) is 0 Å². The molecule has 0 aromatic heterocycles. The van der Waals surface area contributed by atoms with Crippen LogP contribution in [0.1, 0.15) is 24.8 Å². The smallest absolute Gasteiger partial charge is 0.0781 e. The molecule has 80 valence electrons. The van der Waals surface area contributed by atoms with Gasteiger partial charge in [0.2, 0.25) is 0 Å². The van der Waals surface area contributed by atoms with E-state index >= 15 is 0 Å². The number of hydrogen-bond donors (Lipinski definition) is 0. The van der Waals surface area contributed by atoms with Crippen molar-refractivity contribution in [3.05, 3.63) is 35.9 Å². The van der Waals surface area contributed by atoms with Gasteiger partial charge in [-0.2, -0.15) is 0 Å². The van der Waals surface area contributed by atoms with E-state index in [1.54, 1.807) is 0 Å². The lowest BCUT2D eigenvalue weighted by Crippen LogP contribution is -2.11. The van der Waals surface area contributed by atoms with Gasteiger partial charge in [0.15, 0.2) is 0 Å².